The fourth-order valence-electron chi connectivity index (χ4n) is 1.95. The van der Waals surface area contributed by atoms with Gasteiger partial charge in [-0.05, 0) is 30.5 Å². The molecule has 0 aliphatic heterocycles. The van der Waals surface area contributed by atoms with Crippen LogP contribution < -0.4 is 0 Å². The number of methoxy groups -OCH3 is 1. The molecule has 0 saturated heterocycles. The first-order chi connectivity index (χ1) is 8.19. The number of aliphatic hydroxyl groups is 1. The van der Waals surface area contributed by atoms with E-state index in [9.17, 15) is 0 Å². The van der Waals surface area contributed by atoms with E-state index in [1.807, 2.05) is 0 Å². The van der Waals surface area contributed by atoms with Crippen molar-refractivity contribution >= 4 is 0 Å². The van der Waals surface area contributed by atoms with Crippen molar-refractivity contribution in [1.82, 2.24) is 4.90 Å². The maximum Gasteiger partial charge on any atom is 0.0589 e. The van der Waals surface area contributed by atoms with E-state index in [0.717, 1.165) is 13.1 Å². The highest BCUT2D eigenvalue weighted by Crippen LogP contribution is 2.15. The van der Waals surface area contributed by atoms with Crippen molar-refractivity contribution in [3.63, 3.8) is 0 Å². The fourth-order valence-corrected chi connectivity index (χ4v) is 1.95. The lowest BCUT2D eigenvalue weighted by Gasteiger charge is -2.23. The van der Waals surface area contributed by atoms with E-state index < -0.39 is 0 Å². The minimum Gasteiger partial charge on any atom is -0.395 e. The smallest absolute Gasteiger partial charge is 0.0589 e. The number of aryl methyl sites for hydroxylation is 2. The average molecular weight is 237 g/mol. The number of nitrogens with zero attached hydrogens (tertiary/aromatic N) is 1. The molecule has 17 heavy (non-hydrogen) atoms. The van der Waals surface area contributed by atoms with Gasteiger partial charge in [-0.15, -0.1) is 0 Å². The lowest BCUT2D eigenvalue weighted by molar-refractivity contribution is 0.126. The van der Waals surface area contributed by atoms with Gasteiger partial charge in [0.2, 0.25) is 0 Å². The largest absolute Gasteiger partial charge is 0.395 e. The third-order valence-corrected chi connectivity index (χ3v) is 3.05. The van der Waals surface area contributed by atoms with Crippen LogP contribution in [-0.2, 0) is 11.3 Å². The van der Waals surface area contributed by atoms with Gasteiger partial charge in [-0.3, -0.25) is 4.90 Å². The monoisotopic (exact) mass is 237 g/mol. The summed E-state index contributed by atoms with van der Waals surface area (Å²) >= 11 is 0. The summed E-state index contributed by atoms with van der Waals surface area (Å²) in [7, 11) is 1.70. The Bertz CT molecular complexity index is 319. The molecule has 0 aromatic heterocycles. The quantitative estimate of drug-likeness (QED) is 0.784. The van der Waals surface area contributed by atoms with Gasteiger partial charge in [-0.2, -0.15) is 0 Å². The Balaban J connectivity index is 2.70. The molecule has 0 aliphatic carbocycles. The highest BCUT2D eigenvalue weighted by Gasteiger charge is 2.09. The Morgan fingerprint density at radius 3 is 2.35 bits per heavy atom. The lowest BCUT2D eigenvalue weighted by atomic mass is 10.0. The van der Waals surface area contributed by atoms with E-state index in [1.54, 1.807) is 7.11 Å². The number of rotatable bonds is 7. The van der Waals surface area contributed by atoms with Crippen LogP contribution >= 0.6 is 0 Å². The molecule has 0 unspecified atom stereocenters. The minimum absolute atomic E-state index is 0.189. The van der Waals surface area contributed by atoms with E-state index in [1.165, 1.54) is 16.7 Å². The maximum atomic E-state index is 9.07. The molecule has 96 valence electrons. The van der Waals surface area contributed by atoms with Gasteiger partial charge >= 0.3 is 0 Å². The van der Waals surface area contributed by atoms with E-state index in [2.05, 4.69) is 36.9 Å². The molecule has 1 rings (SSSR count). The molecule has 1 aromatic rings. The van der Waals surface area contributed by atoms with Crippen molar-refractivity contribution in [1.29, 1.82) is 0 Å². The molecule has 0 radical (unpaired) electrons. The Labute approximate surface area is 104 Å². The third kappa shape index (κ3) is 4.46. The van der Waals surface area contributed by atoms with Crippen molar-refractivity contribution in [2.24, 2.45) is 0 Å². The molecule has 0 aliphatic rings. The van der Waals surface area contributed by atoms with Gasteiger partial charge in [-0.1, -0.05) is 18.2 Å². The van der Waals surface area contributed by atoms with Crippen LogP contribution in [0.2, 0.25) is 0 Å². The summed E-state index contributed by atoms with van der Waals surface area (Å²) in [6, 6.07) is 6.35. The summed E-state index contributed by atoms with van der Waals surface area (Å²) in [5.41, 5.74) is 3.98. The zero-order valence-corrected chi connectivity index (χ0v) is 11.1. The second-order valence-corrected chi connectivity index (χ2v) is 4.36. The Hall–Kier alpha value is -0.900. The first-order valence-corrected chi connectivity index (χ1v) is 6.06. The van der Waals surface area contributed by atoms with E-state index in [-0.39, 0.29) is 6.61 Å². The Kier molecular flexibility index (Phi) is 6.19. The van der Waals surface area contributed by atoms with E-state index in [0.29, 0.717) is 13.2 Å². The van der Waals surface area contributed by atoms with Gasteiger partial charge in [0, 0.05) is 26.7 Å². The molecule has 0 amide bonds. The van der Waals surface area contributed by atoms with Gasteiger partial charge in [0.05, 0.1) is 13.2 Å². The predicted molar refractivity (Wildman–Crippen MR) is 70.2 cm³/mol. The summed E-state index contributed by atoms with van der Waals surface area (Å²) in [5, 5.41) is 9.07. The number of benzene rings is 1. The molecule has 0 spiro atoms. The summed E-state index contributed by atoms with van der Waals surface area (Å²) in [6.07, 6.45) is 0. The predicted octanol–water partition coefficient (Wildman–Crippen LogP) is 1.74. The molecular weight excluding hydrogens is 214 g/mol. The molecule has 0 bridgehead atoms. The van der Waals surface area contributed by atoms with E-state index >= 15 is 0 Å². The molecule has 1 N–H and O–H groups in total. The first-order valence-electron chi connectivity index (χ1n) is 6.06. The van der Waals surface area contributed by atoms with Crippen molar-refractivity contribution in [2.75, 3.05) is 33.4 Å². The van der Waals surface area contributed by atoms with Gasteiger partial charge < -0.3 is 9.84 Å². The number of hydrogen-bond donors (Lipinski definition) is 1. The van der Waals surface area contributed by atoms with Gasteiger partial charge in [0.25, 0.3) is 0 Å². The van der Waals surface area contributed by atoms with Crippen LogP contribution in [0.5, 0.6) is 0 Å². The van der Waals surface area contributed by atoms with Crippen LogP contribution in [0.3, 0.4) is 0 Å². The Morgan fingerprint density at radius 2 is 1.82 bits per heavy atom. The second-order valence-electron chi connectivity index (χ2n) is 4.36. The standard InChI is InChI=1S/C14H23NO2/c1-12-5-4-6-13(2)14(12)11-15(7-9-16)8-10-17-3/h4-6,16H,7-11H2,1-3H3. The SMILES string of the molecule is COCCN(CCO)Cc1c(C)cccc1C. The number of ether oxygens (including phenoxy) is 1. The lowest BCUT2D eigenvalue weighted by Crippen LogP contribution is -2.30. The summed E-state index contributed by atoms with van der Waals surface area (Å²) in [5.74, 6) is 0. The fraction of sp³-hybridized carbons (Fsp3) is 0.571. The van der Waals surface area contributed by atoms with Crippen LogP contribution in [0, 0.1) is 13.8 Å². The molecule has 1 aromatic carbocycles. The zero-order valence-electron chi connectivity index (χ0n) is 11.1. The number of aliphatic hydroxyl groups excluding tert-OH is 1. The highest BCUT2D eigenvalue weighted by atomic mass is 16.5. The minimum atomic E-state index is 0.189. The van der Waals surface area contributed by atoms with Crippen molar-refractivity contribution in [3.05, 3.63) is 34.9 Å². The molecule has 0 saturated carbocycles. The molecule has 0 atom stereocenters. The molecule has 3 heteroatoms. The van der Waals surface area contributed by atoms with Crippen molar-refractivity contribution in [3.8, 4) is 0 Å². The van der Waals surface area contributed by atoms with Gasteiger partial charge in [0.1, 0.15) is 0 Å². The molecule has 0 heterocycles. The topological polar surface area (TPSA) is 32.7 Å². The van der Waals surface area contributed by atoms with Crippen LogP contribution in [0.1, 0.15) is 16.7 Å². The first kappa shape index (κ1) is 14.2. The van der Waals surface area contributed by atoms with Crippen molar-refractivity contribution < 1.29 is 9.84 Å². The normalized spacial score (nSPS) is 11.1. The van der Waals surface area contributed by atoms with Crippen LogP contribution in [0.4, 0.5) is 0 Å². The van der Waals surface area contributed by atoms with Gasteiger partial charge in [-0.25, -0.2) is 0 Å². The molecule has 3 nitrogen and oxygen atoms in total. The number of hydrogen-bond acceptors (Lipinski definition) is 3. The van der Waals surface area contributed by atoms with Crippen LogP contribution in [0.25, 0.3) is 0 Å². The van der Waals surface area contributed by atoms with E-state index in [4.69, 9.17) is 9.84 Å². The van der Waals surface area contributed by atoms with Crippen LogP contribution in [-0.4, -0.2) is 43.4 Å². The Morgan fingerprint density at radius 1 is 1.18 bits per heavy atom. The van der Waals surface area contributed by atoms with Gasteiger partial charge in [0.15, 0.2) is 0 Å². The maximum absolute atomic E-state index is 9.07. The molecular formula is C14H23NO2. The summed E-state index contributed by atoms with van der Waals surface area (Å²) in [4.78, 5) is 2.22. The van der Waals surface area contributed by atoms with Crippen LogP contribution in [0.15, 0.2) is 18.2 Å². The summed E-state index contributed by atoms with van der Waals surface area (Å²) < 4.78 is 5.09. The molecule has 0 fully saturated rings. The zero-order chi connectivity index (χ0) is 12.7. The summed E-state index contributed by atoms with van der Waals surface area (Å²) in [6.45, 7) is 7.58. The highest BCUT2D eigenvalue weighted by molar-refractivity contribution is 5.33. The second kappa shape index (κ2) is 7.43. The third-order valence-electron chi connectivity index (χ3n) is 3.05. The van der Waals surface area contributed by atoms with Crippen molar-refractivity contribution in [2.45, 2.75) is 20.4 Å². The average Bonchev–Trinajstić information content (AvgIpc) is 2.31.